The molecule has 3 aromatic rings. The van der Waals surface area contributed by atoms with Gasteiger partial charge in [-0.25, -0.2) is 4.98 Å². The highest BCUT2D eigenvalue weighted by Crippen LogP contribution is 2.40. The van der Waals surface area contributed by atoms with E-state index in [1.54, 1.807) is 24.3 Å². The summed E-state index contributed by atoms with van der Waals surface area (Å²) in [6.45, 7) is 2.05. The number of nitrogens with zero attached hydrogens (tertiary/aromatic N) is 2. The Morgan fingerprint density at radius 2 is 2.11 bits per heavy atom. The molecule has 28 heavy (non-hydrogen) atoms. The number of amides is 1. The van der Waals surface area contributed by atoms with E-state index in [9.17, 15) is 9.59 Å². The third-order valence-corrected chi connectivity index (χ3v) is 6.42. The fraction of sp³-hybridized carbons (Fsp3) is 0.211. The lowest BCUT2D eigenvalue weighted by Crippen LogP contribution is -2.46. The van der Waals surface area contributed by atoms with Gasteiger partial charge in [0, 0.05) is 0 Å². The highest BCUT2D eigenvalue weighted by molar-refractivity contribution is 7.19. The number of anilines is 1. The number of aryl methyl sites for hydroxylation is 1. The standard InChI is InChI=1S/C19H14Cl2N2O4S/c1-9-3-2-4-12-17(9)23(19(26)13(27-12)7-15(24)25)8-14-22-11-6-5-10(20)16(21)18(11)28-14/h2-6,13H,7-8H2,1H3,(H,24,25). The third-order valence-electron chi connectivity index (χ3n) is 4.43. The van der Waals surface area contributed by atoms with Crippen molar-refractivity contribution in [3.63, 3.8) is 0 Å². The van der Waals surface area contributed by atoms with Gasteiger partial charge < -0.3 is 9.84 Å². The number of carboxylic acids is 1. The summed E-state index contributed by atoms with van der Waals surface area (Å²) in [4.78, 5) is 30.2. The molecular formula is C19H14Cl2N2O4S. The van der Waals surface area contributed by atoms with Crippen LogP contribution in [0.25, 0.3) is 10.2 Å². The Balaban J connectivity index is 1.76. The number of carboxylic acid groups (broad SMARTS) is 1. The van der Waals surface area contributed by atoms with Crippen LogP contribution in [0.4, 0.5) is 5.69 Å². The highest BCUT2D eigenvalue weighted by Gasteiger charge is 2.37. The van der Waals surface area contributed by atoms with Gasteiger partial charge in [-0.15, -0.1) is 11.3 Å². The van der Waals surface area contributed by atoms with Crippen molar-refractivity contribution in [1.82, 2.24) is 4.98 Å². The van der Waals surface area contributed by atoms with Crippen molar-refractivity contribution < 1.29 is 19.4 Å². The van der Waals surface area contributed by atoms with E-state index in [-0.39, 0.29) is 6.54 Å². The second kappa shape index (κ2) is 7.24. The Labute approximate surface area is 174 Å². The number of carbonyl (C=O) groups is 2. The van der Waals surface area contributed by atoms with Gasteiger partial charge in [0.15, 0.2) is 6.10 Å². The number of aliphatic carboxylic acids is 1. The lowest BCUT2D eigenvalue weighted by atomic mass is 10.1. The summed E-state index contributed by atoms with van der Waals surface area (Å²) in [6, 6.07) is 8.86. The molecule has 144 valence electrons. The molecule has 2 aromatic carbocycles. The fourth-order valence-corrected chi connectivity index (χ4v) is 4.67. The molecule has 0 bridgehead atoms. The molecule has 1 N–H and O–H groups in total. The molecule has 1 amide bonds. The molecule has 1 aromatic heterocycles. The van der Waals surface area contributed by atoms with E-state index in [0.29, 0.717) is 32.0 Å². The van der Waals surface area contributed by atoms with Gasteiger partial charge in [0.1, 0.15) is 10.8 Å². The van der Waals surface area contributed by atoms with Gasteiger partial charge in [-0.05, 0) is 30.7 Å². The van der Waals surface area contributed by atoms with Crippen LogP contribution in [-0.4, -0.2) is 28.1 Å². The van der Waals surface area contributed by atoms with Crippen LogP contribution in [0, 0.1) is 6.92 Å². The zero-order chi connectivity index (χ0) is 20.0. The van der Waals surface area contributed by atoms with Crippen molar-refractivity contribution >= 4 is 62.3 Å². The lowest BCUT2D eigenvalue weighted by molar-refractivity contribution is -0.142. The molecule has 0 aliphatic carbocycles. The average Bonchev–Trinajstić information content (AvgIpc) is 3.05. The van der Waals surface area contributed by atoms with Gasteiger partial charge in [0.05, 0.1) is 38.9 Å². The Morgan fingerprint density at radius 3 is 2.86 bits per heavy atom. The number of rotatable bonds is 4. The average molecular weight is 437 g/mol. The molecule has 4 rings (SSSR count). The van der Waals surface area contributed by atoms with E-state index in [4.69, 9.17) is 33.0 Å². The molecular weight excluding hydrogens is 423 g/mol. The summed E-state index contributed by atoms with van der Waals surface area (Å²) in [5, 5.41) is 10.7. The van der Waals surface area contributed by atoms with Gasteiger partial charge in [0.2, 0.25) is 0 Å². The second-order valence-corrected chi connectivity index (χ2v) is 8.24. The normalized spacial score (nSPS) is 16.2. The number of hydrogen-bond acceptors (Lipinski definition) is 5. The predicted octanol–water partition coefficient (Wildman–Crippen LogP) is 4.68. The molecule has 0 fully saturated rings. The smallest absolute Gasteiger partial charge is 0.307 e. The zero-order valence-corrected chi connectivity index (χ0v) is 16.9. The summed E-state index contributed by atoms with van der Waals surface area (Å²) in [5.74, 6) is -1.03. The van der Waals surface area contributed by atoms with Gasteiger partial charge >= 0.3 is 5.97 Å². The van der Waals surface area contributed by atoms with Crippen LogP contribution in [0.3, 0.4) is 0 Å². The molecule has 1 aliphatic rings. The monoisotopic (exact) mass is 436 g/mol. The topological polar surface area (TPSA) is 79.7 Å². The van der Waals surface area contributed by atoms with Crippen LogP contribution in [0.1, 0.15) is 17.0 Å². The van der Waals surface area contributed by atoms with E-state index in [1.165, 1.54) is 16.2 Å². The van der Waals surface area contributed by atoms with Crippen LogP contribution in [0.2, 0.25) is 10.0 Å². The van der Waals surface area contributed by atoms with E-state index < -0.39 is 24.4 Å². The summed E-state index contributed by atoms with van der Waals surface area (Å²) in [7, 11) is 0. The molecule has 2 heterocycles. The first-order valence-electron chi connectivity index (χ1n) is 8.38. The molecule has 1 atom stereocenters. The number of aromatic nitrogens is 1. The van der Waals surface area contributed by atoms with Crippen molar-refractivity contribution in [2.75, 3.05) is 4.90 Å². The first-order valence-corrected chi connectivity index (χ1v) is 9.95. The van der Waals surface area contributed by atoms with Crippen LogP contribution in [-0.2, 0) is 16.1 Å². The maximum atomic E-state index is 13.0. The number of fused-ring (bicyclic) bond motifs is 2. The van der Waals surface area contributed by atoms with Crippen LogP contribution in [0.5, 0.6) is 5.75 Å². The molecule has 0 saturated heterocycles. The molecule has 0 radical (unpaired) electrons. The van der Waals surface area contributed by atoms with Crippen LogP contribution >= 0.6 is 34.5 Å². The Kier molecular flexibility index (Phi) is 4.91. The summed E-state index contributed by atoms with van der Waals surface area (Å²) in [6.07, 6.45) is -1.50. The van der Waals surface area contributed by atoms with Crippen molar-refractivity contribution in [2.45, 2.75) is 26.0 Å². The van der Waals surface area contributed by atoms with E-state index in [2.05, 4.69) is 4.98 Å². The van der Waals surface area contributed by atoms with E-state index in [0.717, 1.165) is 10.3 Å². The number of benzene rings is 2. The Morgan fingerprint density at radius 1 is 1.32 bits per heavy atom. The fourth-order valence-electron chi connectivity index (χ4n) is 3.19. The van der Waals surface area contributed by atoms with Gasteiger partial charge in [-0.1, -0.05) is 35.3 Å². The Bertz CT molecular complexity index is 1110. The first kappa shape index (κ1) is 19.0. The number of para-hydroxylation sites is 1. The van der Waals surface area contributed by atoms with E-state index >= 15 is 0 Å². The largest absolute Gasteiger partial charge is 0.481 e. The molecule has 6 nitrogen and oxygen atoms in total. The maximum absolute atomic E-state index is 13.0. The summed E-state index contributed by atoms with van der Waals surface area (Å²) < 4.78 is 6.42. The minimum absolute atomic E-state index is 0.184. The second-order valence-electron chi connectivity index (χ2n) is 6.37. The van der Waals surface area contributed by atoms with Gasteiger partial charge in [-0.2, -0.15) is 0 Å². The maximum Gasteiger partial charge on any atom is 0.307 e. The quantitative estimate of drug-likeness (QED) is 0.641. The summed E-state index contributed by atoms with van der Waals surface area (Å²) in [5.41, 5.74) is 2.17. The SMILES string of the molecule is Cc1cccc2c1N(Cc1nc3ccc(Cl)c(Cl)c3s1)C(=O)C(CC(=O)O)O2. The van der Waals surface area contributed by atoms with Crippen LogP contribution in [0.15, 0.2) is 30.3 Å². The minimum Gasteiger partial charge on any atom is -0.481 e. The van der Waals surface area contributed by atoms with Crippen LogP contribution < -0.4 is 9.64 Å². The van der Waals surface area contributed by atoms with E-state index in [1.807, 2.05) is 13.0 Å². The number of thiazole rings is 1. The van der Waals surface area contributed by atoms with Crippen molar-refractivity contribution in [3.8, 4) is 5.75 Å². The van der Waals surface area contributed by atoms with Crippen molar-refractivity contribution in [2.24, 2.45) is 0 Å². The number of carbonyl (C=O) groups excluding carboxylic acids is 1. The lowest BCUT2D eigenvalue weighted by Gasteiger charge is -2.34. The molecule has 0 spiro atoms. The highest BCUT2D eigenvalue weighted by atomic mass is 35.5. The molecule has 9 heteroatoms. The van der Waals surface area contributed by atoms with Gasteiger partial charge in [0.25, 0.3) is 5.91 Å². The molecule has 1 aliphatic heterocycles. The molecule has 0 saturated carbocycles. The summed E-state index contributed by atoms with van der Waals surface area (Å²) >= 11 is 13.7. The van der Waals surface area contributed by atoms with Crippen molar-refractivity contribution in [3.05, 3.63) is 50.9 Å². The minimum atomic E-state index is -1.10. The Hall–Kier alpha value is -2.35. The predicted molar refractivity (Wildman–Crippen MR) is 109 cm³/mol. The number of hydrogen-bond donors (Lipinski definition) is 1. The third kappa shape index (κ3) is 3.30. The molecule has 1 unspecified atom stereocenters. The number of ether oxygens (including phenoxy) is 1. The van der Waals surface area contributed by atoms with Crippen molar-refractivity contribution in [1.29, 1.82) is 0 Å². The number of halogens is 2. The first-order chi connectivity index (χ1) is 13.3. The van der Waals surface area contributed by atoms with Gasteiger partial charge in [-0.3, -0.25) is 14.5 Å². The zero-order valence-electron chi connectivity index (χ0n) is 14.6.